The van der Waals surface area contributed by atoms with E-state index < -0.39 is 47.5 Å². The highest BCUT2D eigenvalue weighted by Crippen LogP contribution is 2.40. The maximum Gasteiger partial charge on any atom is 0.306 e. The number of esters is 1. The van der Waals surface area contributed by atoms with Gasteiger partial charge in [-0.3, -0.25) is 33.5 Å². The van der Waals surface area contributed by atoms with Gasteiger partial charge in [-0.2, -0.15) is 0 Å². The summed E-state index contributed by atoms with van der Waals surface area (Å²) in [4.78, 5) is 81.9. The third kappa shape index (κ3) is 15.2. The number of rotatable bonds is 25. The molecule has 4 amide bonds. The second-order valence-electron chi connectivity index (χ2n) is 21.0. The molecule has 20 heteroatoms. The molecule has 0 radical (unpaired) electrons. The Kier molecular flexibility index (Phi) is 20.7. The minimum Gasteiger partial charge on any atom is -0.460 e. The molecule has 3 aromatic heterocycles. The number of aromatic nitrogens is 4. The summed E-state index contributed by atoms with van der Waals surface area (Å²) in [6.45, 7) is 18.3. The first-order valence-electron chi connectivity index (χ1n) is 26.7. The zero-order chi connectivity index (χ0) is 55.4. The summed E-state index contributed by atoms with van der Waals surface area (Å²) in [6.07, 6.45) is 5.10. The molecule has 2 aliphatic heterocycles. The number of unbranched alkanes of at least 4 members (excludes halogenated alkanes) is 4. The molecule has 1 saturated heterocycles. The Morgan fingerprint density at radius 1 is 0.857 bits per heavy atom. The molecule has 0 unspecified atom stereocenters. The maximum absolute atomic E-state index is 14.6. The van der Waals surface area contributed by atoms with Crippen LogP contribution in [-0.4, -0.2) is 118 Å². The van der Waals surface area contributed by atoms with E-state index in [1.807, 2.05) is 100 Å². The van der Waals surface area contributed by atoms with E-state index in [0.29, 0.717) is 36.1 Å². The van der Waals surface area contributed by atoms with E-state index in [-0.39, 0.29) is 70.0 Å². The first-order valence-corrected chi connectivity index (χ1v) is 28.8. The Hall–Kier alpha value is -5.86. The monoisotopic (exact) mass is 1110 g/mol. The van der Waals surface area contributed by atoms with Crippen molar-refractivity contribution in [1.82, 2.24) is 40.6 Å². The van der Waals surface area contributed by atoms with Crippen LogP contribution in [0.15, 0.2) is 59.0 Å². The number of hydrogen-bond donors (Lipinski definition) is 3. The van der Waals surface area contributed by atoms with E-state index in [1.54, 1.807) is 22.7 Å². The van der Waals surface area contributed by atoms with Crippen LogP contribution < -0.4 is 16.0 Å². The molecule has 2 aliphatic rings. The molecule has 1 fully saturated rings. The second kappa shape index (κ2) is 27.1. The Balaban J connectivity index is 0.881. The van der Waals surface area contributed by atoms with Gasteiger partial charge in [0, 0.05) is 53.6 Å². The fourth-order valence-corrected chi connectivity index (χ4v) is 11.7. The molecule has 5 aromatic rings. The fraction of sp³-hybridized carbons (Fsp3) is 0.526. The summed E-state index contributed by atoms with van der Waals surface area (Å²) in [5, 5.41) is 19.4. The van der Waals surface area contributed by atoms with Crippen molar-refractivity contribution >= 4 is 69.6 Å². The van der Waals surface area contributed by atoms with Gasteiger partial charge in [0.2, 0.25) is 23.6 Å². The molecule has 0 spiro atoms. The second-order valence-corrected chi connectivity index (χ2v) is 23.5. The third-order valence-corrected chi connectivity index (χ3v) is 16.4. The standard InChI is InChI=1S/C57H74ClN9O8S2/c1-10-11-12-13-14-16-48(70)75-43-29-45(54(71)61-35(3)39-17-19-41(20-18-39)51-36(4)60-33-76-51)66(31-43)55(72)52(57(7,8)9)63-47(69)32-74-27-15-26-73-28-25-59-46(68)30-44-53-65-64-38(6)67(53)56-49(34(2)37(5)77-56)50(62-44)40-21-23-42(58)24-22-40/h17-24,33,35,43-45,52H,10-16,25-32H2,1-9H3,(H,59,68)(H,61,71)(H,63,69)/t35-,43+,44-,45-,52+/m0/s1. The lowest BCUT2D eigenvalue weighted by Crippen LogP contribution is -2.58. The number of aryl methyl sites for hydroxylation is 3. The van der Waals surface area contributed by atoms with Gasteiger partial charge in [-0.25, -0.2) is 4.98 Å². The summed E-state index contributed by atoms with van der Waals surface area (Å²) >= 11 is 9.47. The number of nitrogens with one attached hydrogen (secondary N) is 3. The van der Waals surface area contributed by atoms with Crippen molar-refractivity contribution in [2.75, 3.05) is 39.5 Å². The van der Waals surface area contributed by atoms with Gasteiger partial charge in [0.15, 0.2) is 5.82 Å². The van der Waals surface area contributed by atoms with Crippen molar-refractivity contribution in [2.24, 2.45) is 10.4 Å². The van der Waals surface area contributed by atoms with Crippen molar-refractivity contribution in [1.29, 1.82) is 0 Å². The fourth-order valence-electron chi connectivity index (χ4n) is 9.58. The largest absolute Gasteiger partial charge is 0.460 e. The van der Waals surface area contributed by atoms with Crippen LogP contribution in [0.4, 0.5) is 0 Å². The van der Waals surface area contributed by atoms with Crippen molar-refractivity contribution < 1.29 is 38.2 Å². The van der Waals surface area contributed by atoms with Crippen LogP contribution in [0.5, 0.6) is 0 Å². The molecule has 5 atom stereocenters. The molecular weight excluding hydrogens is 1040 g/mol. The van der Waals surface area contributed by atoms with Crippen molar-refractivity contribution in [3.63, 3.8) is 0 Å². The topological polar surface area (TPSA) is 208 Å². The highest BCUT2D eigenvalue weighted by atomic mass is 35.5. The molecule has 0 saturated carbocycles. The lowest BCUT2D eigenvalue weighted by atomic mass is 9.85. The lowest BCUT2D eigenvalue weighted by molar-refractivity contribution is -0.150. The third-order valence-electron chi connectivity index (χ3n) is 13.9. The highest BCUT2D eigenvalue weighted by molar-refractivity contribution is 7.15. The summed E-state index contributed by atoms with van der Waals surface area (Å²) in [6, 6.07) is 12.5. The van der Waals surface area contributed by atoms with Gasteiger partial charge < -0.3 is 35.1 Å². The van der Waals surface area contributed by atoms with Crippen molar-refractivity contribution in [2.45, 2.75) is 150 Å². The smallest absolute Gasteiger partial charge is 0.306 e. The summed E-state index contributed by atoms with van der Waals surface area (Å²) < 4.78 is 19.4. The quantitative estimate of drug-likeness (QED) is 0.0370. The molecule has 3 N–H and O–H groups in total. The zero-order valence-electron chi connectivity index (χ0n) is 45.8. The van der Waals surface area contributed by atoms with E-state index in [2.05, 4.69) is 51.9 Å². The van der Waals surface area contributed by atoms with Gasteiger partial charge in [0.05, 0.1) is 47.4 Å². The maximum atomic E-state index is 14.6. The number of nitrogens with zero attached hydrogens (tertiary/aromatic N) is 6. The van der Waals surface area contributed by atoms with Gasteiger partial charge in [-0.1, -0.05) is 101 Å². The van der Waals surface area contributed by atoms with Crippen LogP contribution in [0.25, 0.3) is 15.4 Å². The van der Waals surface area contributed by atoms with E-state index in [4.69, 9.17) is 30.8 Å². The minimum atomic E-state index is -1.02. The van der Waals surface area contributed by atoms with E-state index in [9.17, 15) is 24.0 Å². The highest BCUT2D eigenvalue weighted by Gasteiger charge is 2.46. The van der Waals surface area contributed by atoms with Crippen molar-refractivity contribution in [3.05, 3.63) is 104 Å². The van der Waals surface area contributed by atoms with Crippen molar-refractivity contribution in [3.8, 4) is 15.4 Å². The number of carbonyl (C=O) groups is 5. The number of halogens is 1. The predicted molar refractivity (Wildman–Crippen MR) is 301 cm³/mol. The van der Waals surface area contributed by atoms with Crippen LogP contribution in [0, 0.1) is 33.1 Å². The summed E-state index contributed by atoms with van der Waals surface area (Å²) in [5.74, 6) is -0.588. The molecule has 7 rings (SSSR count). The molecular formula is C57H74ClN9O8S2. The number of fused-ring (bicyclic) bond motifs is 3. The van der Waals surface area contributed by atoms with Crippen LogP contribution in [-0.2, 0) is 38.2 Å². The van der Waals surface area contributed by atoms with Crippen LogP contribution >= 0.6 is 34.3 Å². The van der Waals surface area contributed by atoms with Crippen LogP contribution in [0.2, 0.25) is 5.02 Å². The SMILES string of the molecule is CCCCCCCC(=O)O[C@@H]1C[C@@H](C(=O)N[C@@H](C)c2ccc(-c3scnc3C)cc2)N(C(=O)[C@@H](NC(=O)COCCCOCCNC(=O)C[C@@H]2N=C(c3ccc(Cl)cc3)c3c(sc(C)c3C)-n3c(C)nnc32)C(C)(C)C)C1. The average molecular weight is 1110 g/mol. The average Bonchev–Trinajstić information content (AvgIpc) is 4.23. The lowest BCUT2D eigenvalue weighted by Gasteiger charge is -2.35. The number of likely N-dealkylation sites (tertiary alicyclic amines) is 1. The predicted octanol–water partition coefficient (Wildman–Crippen LogP) is 9.44. The Morgan fingerprint density at radius 3 is 2.27 bits per heavy atom. The Labute approximate surface area is 465 Å². The molecule has 0 bridgehead atoms. The molecule has 2 aromatic carbocycles. The molecule has 414 valence electrons. The van der Waals surface area contributed by atoms with Gasteiger partial charge in [0.1, 0.15) is 41.7 Å². The number of amides is 4. The molecule has 17 nitrogen and oxygen atoms in total. The number of thiophene rings is 1. The van der Waals surface area contributed by atoms with Crippen LogP contribution in [0.3, 0.4) is 0 Å². The van der Waals surface area contributed by atoms with E-state index in [1.165, 1.54) is 4.90 Å². The molecule has 77 heavy (non-hydrogen) atoms. The first kappa shape index (κ1) is 58.8. The zero-order valence-corrected chi connectivity index (χ0v) is 48.2. The number of ether oxygens (including phenoxy) is 3. The summed E-state index contributed by atoms with van der Waals surface area (Å²) in [5.41, 5.74) is 7.68. The Morgan fingerprint density at radius 2 is 1.57 bits per heavy atom. The van der Waals surface area contributed by atoms with Gasteiger partial charge >= 0.3 is 5.97 Å². The number of thiazole rings is 1. The molecule has 0 aliphatic carbocycles. The van der Waals surface area contributed by atoms with E-state index in [0.717, 1.165) is 79.7 Å². The normalized spacial score (nSPS) is 16.9. The minimum absolute atomic E-state index is 0.0130. The van der Waals surface area contributed by atoms with Gasteiger partial charge in [-0.05, 0) is 81.7 Å². The number of carbonyl (C=O) groups excluding carboxylic acids is 5. The Bertz CT molecular complexity index is 2870. The number of benzene rings is 2. The van der Waals surface area contributed by atoms with Crippen LogP contribution in [0.1, 0.15) is 149 Å². The van der Waals surface area contributed by atoms with Gasteiger partial charge in [0.25, 0.3) is 0 Å². The number of hydrogen-bond acceptors (Lipinski definition) is 14. The first-order chi connectivity index (χ1) is 36.8. The van der Waals surface area contributed by atoms with E-state index >= 15 is 0 Å². The van der Waals surface area contributed by atoms with Gasteiger partial charge in [-0.15, -0.1) is 32.9 Å². The molecule has 5 heterocycles. The number of aliphatic imine (C=N–C) groups is 1. The summed E-state index contributed by atoms with van der Waals surface area (Å²) in [7, 11) is 0.